The average Bonchev–Trinajstić information content (AvgIpc) is 3.15. The Morgan fingerprint density at radius 2 is 1.79 bits per heavy atom. The number of para-hydroxylation sites is 1. The van der Waals surface area contributed by atoms with Crippen molar-refractivity contribution in [2.45, 2.75) is 20.8 Å². The normalized spacial score (nSPS) is 11.6. The van der Waals surface area contributed by atoms with E-state index in [-0.39, 0.29) is 5.91 Å². The van der Waals surface area contributed by atoms with Crippen LogP contribution in [0.2, 0.25) is 0 Å². The van der Waals surface area contributed by atoms with Gasteiger partial charge in [0.15, 0.2) is 5.13 Å². The Morgan fingerprint density at radius 1 is 1.04 bits per heavy atom. The molecule has 0 spiro atoms. The molecule has 1 heterocycles. The molecule has 146 valence electrons. The van der Waals surface area contributed by atoms with E-state index in [2.05, 4.69) is 37.8 Å². The first-order valence-corrected chi connectivity index (χ1v) is 10.6. The van der Waals surface area contributed by atoms with E-state index in [4.69, 9.17) is 4.98 Å². The number of aryl methyl sites for hydroxylation is 1. The maximum atomic E-state index is 13.1. The molecule has 4 nitrogen and oxygen atoms in total. The van der Waals surface area contributed by atoms with Gasteiger partial charge in [-0.25, -0.2) is 4.98 Å². The van der Waals surface area contributed by atoms with E-state index in [1.807, 2.05) is 47.4 Å². The smallest absolute Gasteiger partial charge is 0.252 e. The van der Waals surface area contributed by atoms with Crippen LogP contribution >= 0.6 is 11.3 Å². The third kappa shape index (κ3) is 4.86. The first kappa shape index (κ1) is 20.2. The minimum atomic E-state index is -0.0345. The van der Waals surface area contributed by atoms with Gasteiger partial charge >= 0.3 is 0 Å². The molecule has 0 aliphatic rings. The van der Waals surface area contributed by atoms with Crippen molar-refractivity contribution in [2.24, 2.45) is 0 Å². The number of rotatable bonds is 8. The van der Waals surface area contributed by atoms with E-state index >= 15 is 0 Å². The number of nitrogens with zero attached hydrogens (tertiary/aromatic N) is 3. The Kier molecular flexibility index (Phi) is 6.95. The second kappa shape index (κ2) is 9.62. The summed E-state index contributed by atoms with van der Waals surface area (Å²) in [4.78, 5) is 22.0. The molecule has 0 unspecified atom stereocenters. The first-order valence-electron chi connectivity index (χ1n) is 9.75. The van der Waals surface area contributed by atoms with Gasteiger partial charge in [-0.2, -0.15) is 0 Å². The lowest BCUT2D eigenvalue weighted by atomic mass is 10.2. The fourth-order valence-electron chi connectivity index (χ4n) is 3.09. The van der Waals surface area contributed by atoms with Crippen LogP contribution in [-0.2, 0) is 4.79 Å². The Hall–Kier alpha value is -2.50. The van der Waals surface area contributed by atoms with Crippen LogP contribution in [0.3, 0.4) is 0 Å². The zero-order valence-electron chi connectivity index (χ0n) is 16.8. The van der Waals surface area contributed by atoms with Gasteiger partial charge < -0.3 is 4.90 Å². The Labute approximate surface area is 171 Å². The Balaban J connectivity index is 1.88. The minimum absolute atomic E-state index is 0.0345. The number of amides is 1. The minimum Gasteiger partial charge on any atom is -0.302 e. The van der Waals surface area contributed by atoms with Gasteiger partial charge in [0.05, 0.1) is 10.2 Å². The van der Waals surface area contributed by atoms with Crippen molar-refractivity contribution in [1.29, 1.82) is 0 Å². The van der Waals surface area contributed by atoms with E-state index in [9.17, 15) is 4.79 Å². The Bertz CT molecular complexity index is 945. The summed E-state index contributed by atoms with van der Waals surface area (Å²) >= 11 is 1.58. The number of fused-ring (bicyclic) bond motifs is 1. The molecule has 1 aromatic heterocycles. The molecule has 5 heteroatoms. The summed E-state index contributed by atoms with van der Waals surface area (Å²) in [6.07, 6.45) is 3.52. The number of hydrogen-bond donors (Lipinski definition) is 0. The van der Waals surface area contributed by atoms with Crippen molar-refractivity contribution >= 4 is 38.7 Å². The van der Waals surface area contributed by atoms with Crippen LogP contribution in [0.4, 0.5) is 5.13 Å². The maximum absolute atomic E-state index is 13.1. The summed E-state index contributed by atoms with van der Waals surface area (Å²) in [5, 5.41) is 0.763. The average molecular weight is 394 g/mol. The van der Waals surface area contributed by atoms with Gasteiger partial charge in [-0.05, 0) is 43.3 Å². The number of aromatic nitrogens is 1. The quantitative estimate of drug-likeness (QED) is 0.506. The monoisotopic (exact) mass is 393 g/mol. The molecule has 0 saturated heterocycles. The molecule has 0 bridgehead atoms. The molecule has 3 aromatic rings. The number of hydrogen-bond acceptors (Lipinski definition) is 4. The summed E-state index contributed by atoms with van der Waals surface area (Å²) in [5.41, 5.74) is 3.13. The lowest BCUT2D eigenvalue weighted by Crippen LogP contribution is -2.38. The molecule has 0 N–H and O–H groups in total. The van der Waals surface area contributed by atoms with Gasteiger partial charge in [0.2, 0.25) is 0 Å². The highest BCUT2D eigenvalue weighted by molar-refractivity contribution is 7.22. The molecule has 28 heavy (non-hydrogen) atoms. The maximum Gasteiger partial charge on any atom is 0.252 e. The number of benzene rings is 2. The molecule has 0 atom stereocenters. The van der Waals surface area contributed by atoms with E-state index < -0.39 is 0 Å². The highest BCUT2D eigenvalue weighted by atomic mass is 32.1. The predicted octanol–water partition coefficient (Wildman–Crippen LogP) is 4.99. The SMILES string of the molecule is CCN(CC)CCN(C(=O)/C=C/c1ccccc1)c1nc2c(C)cccc2s1. The topological polar surface area (TPSA) is 36.4 Å². The van der Waals surface area contributed by atoms with Crippen molar-refractivity contribution in [1.82, 2.24) is 9.88 Å². The lowest BCUT2D eigenvalue weighted by Gasteiger charge is -2.23. The van der Waals surface area contributed by atoms with E-state index in [1.54, 1.807) is 17.4 Å². The van der Waals surface area contributed by atoms with Crippen molar-refractivity contribution in [3.05, 3.63) is 65.7 Å². The summed E-state index contributed by atoms with van der Waals surface area (Å²) < 4.78 is 1.11. The van der Waals surface area contributed by atoms with Crippen molar-refractivity contribution in [3.63, 3.8) is 0 Å². The zero-order valence-corrected chi connectivity index (χ0v) is 17.6. The van der Waals surface area contributed by atoms with Crippen LogP contribution in [0.25, 0.3) is 16.3 Å². The molecular weight excluding hydrogens is 366 g/mol. The van der Waals surface area contributed by atoms with Gasteiger partial charge in [0.25, 0.3) is 5.91 Å². The number of anilines is 1. The molecule has 3 rings (SSSR count). The second-order valence-corrected chi connectivity index (χ2v) is 7.69. The summed E-state index contributed by atoms with van der Waals surface area (Å²) in [6, 6.07) is 16.1. The van der Waals surface area contributed by atoms with Crippen molar-refractivity contribution < 1.29 is 4.79 Å². The largest absolute Gasteiger partial charge is 0.302 e. The molecule has 2 aromatic carbocycles. The lowest BCUT2D eigenvalue weighted by molar-refractivity contribution is -0.114. The Morgan fingerprint density at radius 3 is 2.46 bits per heavy atom. The summed E-state index contributed by atoms with van der Waals surface area (Å²) in [7, 11) is 0. The van der Waals surface area contributed by atoms with Crippen LogP contribution < -0.4 is 4.90 Å². The van der Waals surface area contributed by atoms with Gasteiger partial charge in [0.1, 0.15) is 0 Å². The highest BCUT2D eigenvalue weighted by Crippen LogP contribution is 2.30. The van der Waals surface area contributed by atoms with Crippen molar-refractivity contribution in [2.75, 3.05) is 31.1 Å². The van der Waals surface area contributed by atoms with Gasteiger partial charge in [-0.15, -0.1) is 0 Å². The van der Waals surface area contributed by atoms with E-state index in [1.165, 1.54) is 0 Å². The first-order chi connectivity index (χ1) is 13.6. The van der Waals surface area contributed by atoms with Crippen LogP contribution in [0, 0.1) is 6.92 Å². The van der Waals surface area contributed by atoms with Crippen LogP contribution in [0.1, 0.15) is 25.0 Å². The summed E-state index contributed by atoms with van der Waals surface area (Å²) in [6.45, 7) is 9.74. The molecule has 0 saturated carbocycles. The molecule has 1 amide bonds. The third-order valence-electron chi connectivity index (χ3n) is 4.86. The molecular formula is C23H27N3OS. The fourth-order valence-corrected chi connectivity index (χ4v) is 4.17. The molecule has 0 aliphatic heterocycles. The number of thiazole rings is 1. The standard InChI is InChI=1S/C23H27N3OS/c1-4-25(5-2)16-17-26(21(27)15-14-19-11-7-6-8-12-19)23-24-22-18(3)10-9-13-20(22)28-23/h6-15H,4-5,16-17H2,1-3H3/b15-14+. The third-order valence-corrected chi connectivity index (χ3v) is 5.90. The van der Waals surface area contributed by atoms with E-state index in [0.29, 0.717) is 6.54 Å². The van der Waals surface area contributed by atoms with Crippen LogP contribution in [-0.4, -0.2) is 42.0 Å². The number of carbonyl (C=O) groups is 1. The zero-order chi connectivity index (χ0) is 19.9. The molecule has 0 radical (unpaired) electrons. The predicted molar refractivity (Wildman–Crippen MR) is 120 cm³/mol. The van der Waals surface area contributed by atoms with Gasteiger partial charge in [-0.1, -0.05) is 67.6 Å². The number of likely N-dealkylation sites (N-methyl/N-ethyl adjacent to an activating group) is 1. The molecule has 0 fully saturated rings. The second-order valence-electron chi connectivity index (χ2n) is 6.68. The summed E-state index contributed by atoms with van der Waals surface area (Å²) in [5.74, 6) is -0.0345. The van der Waals surface area contributed by atoms with Crippen LogP contribution in [0.15, 0.2) is 54.6 Å². The van der Waals surface area contributed by atoms with Crippen LogP contribution in [0.5, 0.6) is 0 Å². The highest BCUT2D eigenvalue weighted by Gasteiger charge is 2.19. The van der Waals surface area contributed by atoms with Gasteiger partial charge in [-0.3, -0.25) is 9.69 Å². The van der Waals surface area contributed by atoms with E-state index in [0.717, 1.165) is 46.1 Å². The van der Waals surface area contributed by atoms with Crippen molar-refractivity contribution in [3.8, 4) is 0 Å². The molecule has 0 aliphatic carbocycles. The number of carbonyl (C=O) groups excluding carboxylic acids is 1. The fraction of sp³-hybridized carbons (Fsp3) is 0.304. The van der Waals surface area contributed by atoms with Gasteiger partial charge in [0, 0.05) is 19.2 Å².